The molecule has 0 atom stereocenters. The van der Waals surface area contributed by atoms with Crippen LogP contribution in [0.2, 0.25) is 0 Å². The van der Waals surface area contributed by atoms with Crippen LogP contribution in [0.25, 0.3) is 0 Å². The maximum absolute atomic E-state index is 13.2. The zero-order valence-electron chi connectivity index (χ0n) is 20.6. The monoisotopic (exact) mass is 488 g/mol. The lowest BCUT2D eigenvalue weighted by atomic mass is 9.77. The summed E-state index contributed by atoms with van der Waals surface area (Å²) in [6.45, 7) is 6.00. The molecule has 4 rings (SSSR count). The van der Waals surface area contributed by atoms with Gasteiger partial charge in [0.05, 0.1) is 0 Å². The fourth-order valence-electron chi connectivity index (χ4n) is 4.54. The van der Waals surface area contributed by atoms with Crippen molar-refractivity contribution >= 4 is 24.1 Å². The van der Waals surface area contributed by atoms with Gasteiger partial charge in [0, 0.05) is 20.1 Å². The van der Waals surface area contributed by atoms with Crippen molar-refractivity contribution in [1.82, 2.24) is 15.5 Å². The number of likely N-dealkylation sites (N-methyl/N-ethyl adjacent to an activating group) is 1. The number of alkyl carbamates (subject to hydrolysis) is 1. The van der Waals surface area contributed by atoms with Crippen molar-refractivity contribution in [3.8, 4) is 0 Å². The second-order valence-electron chi connectivity index (χ2n) is 10.1. The number of carbonyl (C=O) groups excluding carboxylic acids is 3. The average molecular weight is 489 g/mol. The SMILES string of the molecule is CN1CC2CCC(NC(=O)OC(C)(C)C)(CC2)C1=N/C(C(=O)NCc1ccc(F)cc1)=C(/O)C=O. The van der Waals surface area contributed by atoms with Gasteiger partial charge in [-0.15, -0.1) is 0 Å². The van der Waals surface area contributed by atoms with Crippen LogP contribution in [-0.4, -0.2) is 58.9 Å². The quantitative estimate of drug-likeness (QED) is 0.321. The molecule has 2 aliphatic heterocycles. The molecule has 10 heteroatoms. The van der Waals surface area contributed by atoms with Gasteiger partial charge in [0.1, 0.15) is 22.8 Å². The van der Waals surface area contributed by atoms with Gasteiger partial charge >= 0.3 is 6.09 Å². The minimum absolute atomic E-state index is 0.0405. The van der Waals surface area contributed by atoms with Gasteiger partial charge in [-0.3, -0.25) is 9.59 Å². The smallest absolute Gasteiger partial charge is 0.408 e. The van der Waals surface area contributed by atoms with E-state index in [2.05, 4.69) is 15.6 Å². The second kappa shape index (κ2) is 10.5. The number of nitrogens with zero attached hydrogens (tertiary/aromatic N) is 2. The third-order valence-electron chi connectivity index (χ3n) is 6.17. The number of allylic oxidation sites excluding steroid dienone is 1. The van der Waals surface area contributed by atoms with E-state index in [0.29, 0.717) is 36.7 Å². The molecular weight excluding hydrogens is 455 g/mol. The molecule has 2 amide bonds. The van der Waals surface area contributed by atoms with E-state index < -0.39 is 40.4 Å². The number of aliphatic hydroxyl groups excluding tert-OH is 1. The number of aliphatic hydroxyl groups is 1. The molecule has 1 aromatic carbocycles. The summed E-state index contributed by atoms with van der Waals surface area (Å²) >= 11 is 0. The molecular formula is C25H33FN4O5. The van der Waals surface area contributed by atoms with Crippen LogP contribution < -0.4 is 10.6 Å². The Morgan fingerprint density at radius 3 is 2.46 bits per heavy atom. The number of nitrogens with one attached hydrogen (secondary N) is 2. The number of halogens is 1. The van der Waals surface area contributed by atoms with Crippen molar-refractivity contribution in [2.75, 3.05) is 13.6 Å². The van der Waals surface area contributed by atoms with Crippen LogP contribution >= 0.6 is 0 Å². The number of aldehydes is 1. The van der Waals surface area contributed by atoms with Gasteiger partial charge < -0.3 is 25.4 Å². The largest absolute Gasteiger partial charge is 0.503 e. The standard InChI is InChI=1S/C25H33FN4O5/c1-24(2,3)35-23(34)29-25-11-9-17(10-12-25)14-30(4)22(25)28-20(19(32)15-31)21(33)27-13-16-5-7-18(26)8-6-16/h5-8,15,17,32H,9-14H2,1-4H3,(H,27,33)(H,29,34)/b20-19+,28-22?. The van der Waals surface area contributed by atoms with Gasteiger partial charge in [-0.2, -0.15) is 0 Å². The first-order valence-corrected chi connectivity index (χ1v) is 11.6. The van der Waals surface area contributed by atoms with Crippen LogP contribution in [0.1, 0.15) is 52.0 Å². The number of benzene rings is 1. The van der Waals surface area contributed by atoms with Crippen LogP contribution in [-0.2, 0) is 20.9 Å². The fraction of sp³-hybridized carbons (Fsp3) is 0.520. The van der Waals surface area contributed by atoms with E-state index in [1.807, 2.05) is 4.90 Å². The number of ether oxygens (including phenoxy) is 1. The van der Waals surface area contributed by atoms with E-state index in [9.17, 15) is 23.9 Å². The molecule has 0 aromatic heterocycles. The lowest BCUT2D eigenvalue weighted by Crippen LogP contribution is -2.59. The van der Waals surface area contributed by atoms with Crippen LogP contribution in [0.4, 0.5) is 9.18 Å². The minimum atomic E-state index is -0.921. The normalized spacial score (nSPS) is 23.9. The highest BCUT2D eigenvalue weighted by Crippen LogP contribution is 2.39. The average Bonchev–Trinajstić information content (AvgIpc) is 2.98. The van der Waals surface area contributed by atoms with Gasteiger partial charge in [0.15, 0.2) is 17.7 Å². The molecule has 0 unspecified atom stereocenters. The number of fused-ring (bicyclic) bond motifs is 4. The summed E-state index contributed by atoms with van der Waals surface area (Å²) in [4.78, 5) is 43.5. The Balaban J connectivity index is 1.93. The van der Waals surface area contributed by atoms with E-state index in [4.69, 9.17) is 4.74 Å². The molecule has 35 heavy (non-hydrogen) atoms. The summed E-state index contributed by atoms with van der Waals surface area (Å²) in [6.07, 6.45) is 2.38. The van der Waals surface area contributed by atoms with Crippen LogP contribution in [0.5, 0.6) is 0 Å². The maximum atomic E-state index is 13.2. The number of carbonyl (C=O) groups is 3. The molecule has 0 spiro atoms. The number of amides is 2. The first-order valence-electron chi connectivity index (χ1n) is 11.6. The van der Waals surface area contributed by atoms with Gasteiger partial charge in [-0.25, -0.2) is 14.2 Å². The van der Waals surface area contributed by atoms with Crippen LogP contribution in [0.3, 0.4) is 0 Å². The zero-order valence-corrected chi connectivity index (χ0v) is 20.6. The number of hydrogen-bond acceptors (Lipinski definition) is 6. The van der Waals surface area contributed by atoms with Crippen molar-refractivity contribution in [3.05, 3.63) is 47.1 Å². The number of aliphatic imine (C=N–C) groups is 1. The molecule has 1 aromatic rings. The predicted molar refractivity (Wildman–Crippen MR) is 128 cm³/mol. The summed E-state index contributed by atoms with van der Waals surface area (Å²) < 4.78 is 18.6. The molecule has 3 fully saturated rings. The molecule has 3 N–H and O–H groups in total. The molecule has 2 saturated heterocycles. The Morgan fingerprint density at radius 1 is 1.26 bits per heavy atom. The van der Waals surface area contributed by atoms with Crippen molar-refractivity contribution in [2.45, 2.75) is 64.1 Å². The Kier molecular flexibility index (Phi) is 7.82. The van der Waals surface area contributed by atoms with Crippen molar-refractivity contribution in [3.63, 3.8) is 0 Å². The molecule has 1 saturated carbocycles. The Bertz CT molecular complexity index is 1020. The number of amidine groups is 1. The fourth-order valence-corrected chi connectivity index (χ4v) is 4.54. The molecule has 9 nitrogen and oxygen atoms in total. The van der Waals surface area contributed by atoms with E-state index >= 15 is 0 Å². The Labute approximate surface area is 204 Å². The number of hydrogen-bond donors (Lipinski definition) is 3. The highest BCUT2D eigenvalue weighted by molar-refractivity contribution is 6.03. The van der Waals surface area contributed by atoms with Crippen molar-refractivity contribution in [2.24, 2.45) is 10.9 Å². The van der Waals surface area contributed by atoms with Crippen LogP contribution in [0, 0.1) is 11.7 Å². The predicted octanol–water partition coefficient (Wildman–Crippen LogP) is 3.21. The topological polar surface area (TPSA) is 120 Å². The molecule has 190 valence electrons. The molecule has 0 radical (unpaired) electrons. The van der Waals surface area contributed by atoms with E-state index in [0.717, 1.165) is 12.8 Å². The van der Waals surface area contributed by atoms with E-state index in [1.165, 1.54) is 24.3 Å². The highest BCUT2D eigenvalue weighted by atomic mass is 19.1. The van der Waals surface area contributed by atoms with Crippen molar-refractivity contribution < 1.29 is 28.6 Å². The summed E-state index contributed by atoms with van der Waals surface area (Å²) in [7, 11) is 1.81. The minimum Gasteiger partial charge on any atom is -0.503 e. The Morgan fingerprint density at radius 2 is 1.89 bits per heavy atom. The third-order valence-corrected chi connectivity index (χ3v) is 6.17. The lowest BCUT2D eigenvalue weighted by Gasteiger charge is -2.39. The summed E-state index contributed by atoms with van der Waals surface area (Å²) in [6, 6.07) is 5.57. The Hall–Kier alpha value is -3.43. The third kappa shape index (κ3) is 6.58. The molecule has 2 heterocycles. The van der Waals surface area contributed by atoms with E-state index in [1.54, 1.807) is 27.8 Å². The molecule has 1 aliphatic carbocycles. The van der Waals surface area contributed by atoms with Crippen molar-refractivity contribution in [1.29, 1.82) is 0 Å². The van der Waals surface area contributed by atoms with Gasteiger partial charge in [-0.1, -0.05) is 12.1 Å². The van der Waals surface area contributed by atoms with Crippen LogP contribution in [0.15, 0.2) is 40.7 Å². The summed E-state index contributed by atoms with van der Waals surface area (Å²) in [5, 5.41) is 15.8. The van der Waals surface area contributed by atoms with Gasteiger partial charge in [0.2, 0.25) is 0 Å². The van der Waals surface area contributed by atoms with Gasteiger partial charge in [0.25, 0.3) is 5.91 Å². The first-order chi connectivity index (χ1) is 16.4. The second-order valence-corrected chi connectivity index (χ2v) is 10.1. The molecule has 2 bridgehead atoms. The summed E-state index contributed by atoms with van der Waals surface area (Å²) in [5.41, 5.74) is -1.45. The maximum Gasteiger partial charge on any atom is 0.408 e. The first kappa shape index (κ1) is 26.2. The van der Waals surface area contributed by atoms with Gasteiger partial charge in [-0.05, 0) is 70.1 Å². The lowest BCUT2D eigenvalue weighted by molar-refractivity contribution is -0.118. The van der Waals surface area contributed by atoms with E-state index in [-0.39, 0.29) is 12.8 Å². The highest BCUT2D eigenvalue weighted by Gasteiger charge is 2.47. The number of rotatable bonds is 6. The zero-order chi connectivity index (χ0) is 25.8. The molecule has 3 aliphatic rings. The summed E-state index contributed by atoms with van der Waals surface area (Å²) in [5.74, 6) is -1.23.